The van der Waals surface area contributed by atoms with Crippen molar-refractivity contribution >= 4 is 39.1 Å². The molecule has 2 aromatic carbocycles. The molecule has 0 saturated carbocycles. The minimum atomic E-state index is -3.75. The van der Waals surface area contributed by atoms with Gasteiger partial charge < -0.3 is 10.2 Å². The standard InChI is InChI=1S/C24H32ClN3O4S/c1-5-15-26-24(30)18(3)27(16-20-9-7-8-10-22(20)25)23(29)17-28(33(4,31)32)21-13-11-19(6-2)12-14-21/h7-14,18H,5-6,15-17H2,1-4H3,(H,26,30). The van der Waals surface area contributed by atoms with E-state index in [9.17, 15) is 18.0 Å². The first-order valence-corrected chi connectivity index (χ1v) is 13.2. The lowest BCUT2D eigenvalue weighted by Crippen LogP contribution is -2.51. The van der Waals surface area contributed by atoms with Crippen molar-refractivity contribution in [1.82, 2.24) is 10.2 Å². The zero-order chi connectivity index (χ0) is 24.6. The molecule has 7 nitrogen and oxygen atoms in total. The van der Waals surface area contributed by atoms with Crippen LogP contribution in [0.3, 0.4) is 0 Å². The molecule has 0 radical (unpaired) electrons. The lowest BCUT2D eigenvalue weighted by molar-refractivity contribution is -0.139. The monoisotopic (exact) mass is 493 g/mol. The number of hydrogen-bond donors (Lipinski definition) is 1. The van der Waals surface area contributed by atoms with Crippen LogP contribution in [0.4, 0.5) is 5.69 Å². The fourth-order valence-electron chi connectivity index (χ4n) is 3.30. The number of aryl methyl sites for hydroxylation is 1. The van der Waals surface area contributed by atoms with Crippen LogP contribution in [0.1, 0.15) is 38.3 Å². The average Bonchev–Trinajstić information content (AvgIpc) is 2.79. The number of anilines is 1. The molecule has 2 aromatic rings. The lowest BCUT2D eigenvalue weighted by atomic mass is 10.1. The Hall–Kier alpha value is -2.58. The van der Waals surface area contributed by atoms with Gasteiger partial charge >= 0.3 is 0 Å². The molecule has 9 heteroatoms. The molecule has 33 heavy (non-hydrogen) atoms. The van der Waals surface area contributed by atoms with Crippen molar-refractivity contribution in [2.45, 2.75) is 46.2 Å². The maximum Gasteiger partial charge on any atom is 0.244 e. The molecule has 0 aliphatic heterocycles. The van der Waals surface area contributed by atoms with Crippen LogP contribution in [0.15, 0.2) is 48.5 Å². The fourth-order valence-corrected chi connectivity index (χ4v) is 4.35. The van der Waals surface area contributed by atoms with E-state index in [1.54, 1.807) is 43.3 Å². The van der Waals surface area contributed by atoms with E-state index in [0.717, 1.165) is 29.0 Å². The van der Waals surface area contributed by atoms with Crippen LogP contribution in [0.25, 0.3) is 0 Å². The normalized spacial score (nSPS) is 12.2. The smallest absolute Gasteiger partial charge is 0.244 e. The van der Waals surface area contributed by atoms with Gasteiger partial charge in [0.05, 0.1) is 11.9 Å². The Labute approximate surface area is 201 Å². The zero-order valence-corrected chi connectivity index (χ0v) is 21.1. The molecule has 1 atom stereocenters. The van der Waals surface area contributed by atoms with Gasteiger partial charge in [0.25, 0.3) is 0 Å². The van der Waals surface area contributed by atoms with Crippen LogP contribution in [-0.2, 0) is 32.6 Å². The highest BCUT2D eigenvalue weighted by molar-refractivity contribution is 7.92. The molecule has 2 rings (SSSR count). The van der Waals surface area contributed by atoms with Crippen LogP contribution >= 0.6 is 11.6 Å². The molecule has 0 saturated heterocycles. The van der Waals surface area contributed by atoms with Gasteiger partial charge in [-0.2, -0.15) is 0 Å². The molecule has 0 fully saturated rings. The largest absolute Gasteiger partial charge is 0.354 e. The predicted molar refractivity (Wildman–Crippen MR) is 133 cm³/mol. The summed E-state index contributed by atoms with van der Waals surface area (Å²) in [5.41, 5.74) is 2.12. The van der Waals surface area contributed by atoms with Crippen LogP contribution in [0.5, 0.6) is 0 Å². The molecular weight excluding hydrogens is 462 g/mol. The zero-order valence-electron chi connectivity index (χ0n) is 19.5. The van der Waals surface area contributed by atoms with Crippen molar-refractivity contribution in [1.29, 1.82) is 0 Å². The number of halogens is 1. The SMILES string of the molecule is CCCNC(=O)C(C)N(Cc1ccccc1Cl)C(=O)CN(c1ccc(CC)cc1)S(C)(=O)=O. The van der Waals surface area contributed by atoms with Gasteiger partial charge in [0.1, 0.15) is 12.6 Å². The summed E-state index contributed by atoms with van der Waals surface area (Å²) >= 11 is 6.30. The quantitative estimate of drug-likeness (QED) is 0.518. The summed E-state index contributed by atoms with van der Waals surface area (Å²) in [7, 11) is -3.75. The van der Waals surface area contributed by atoms with Gasteiger partial charge in [-0.05, 0) is 49.1 Å². The van der Waals surface area contributed by atoms with Gasteiger partial charge in [0.15, 0.2) is 0 Å². The number of carbonyl (C=O) groups excluding carboxylic acids is 2. The summed E-state index contributed by atoms with van der Waals surface area (Å²) < 4.78 is 26.2. The van der Waals surface area contributed by atoms with Crippen molar-refractivity contribution in [3.05, 3.63) is 64.7 Å². The lowest BCUT2D eigenvalue weighted by Gasteiger charge is -2.31. The molecule has 0 aliphatic rings. The van der Waals surface area contributed by atoms with E-state index in [0.29, 0.717) is 22.8 Å². The van der Waals surface area contributed by atoms with E-state index in [4.69, 9.17) is 11.6 Å². The Kier molecular flexibility index (Phi) is 9.73. The van der Waals surface area contributed by atoms with Gasteiger partial charge in [-0.3, -0.25) is 13.9 Å². The first kappa shape index (κ1) is 26.7. The maximum atomic E-state index is 13.4. The molecule has 0 aromatic heterocycles. The van der Waals surface area contributed by atoms with Gasteiger partial charge in [-0.25, -0.2) is 8.42 Å². The fraction of sp³-hybridized carbons (Fsp3) is 0.417. The van der Waals surface area contributed by atoms with Gasteiger partial charge in [0.2, 0.25) is 21.8 Å². The highest BCUT2D eigenvalue weighted by Gasteiger charge is 2.30. The Balaban J connectivity index is 2.37. The third kappa shape index (κ3) is 7.47. The van der Waals surface area contributed by atoms with Crippen LogP contribution in [0, 0.1) is 0 Å². The number of nitrogens with one attached hydrogen (secondary N) is 1. The van der Waals surface area contributed by atoms with E-state index in [1.807, 2.05) is 26.0 Å². The topological polar surface area (TPSA) is 86.8 Å². The van der Waals surface area contributed by atoms with E-state index < -0.39 is 28.5 Å². The molecule has 0 aliphatic carbocycles. The van der Waals surface area contributed by atoms with Gasteiger partial charge in [-0.1, -0.05) is 55.8 Å². The summed E-state index contributed by atoms with van der Waals surface area (Å²) in [6.07, 6.45) is 2.63. The molecule has 0 spiro atoms. The molecule has 1 N–H and O–H groups in total. The first-order valence-electron chi connectivity index (χ1n) is 11.0. The van der Waals surface area contributed by atoms with Gasteiger partial charge in [-0.15, -0.1) is 0 Å². The molecule has 0 heterocycles. The molecule has 2 amide bonds. The summed E-state index contributed by atoms with van der Waals surface area (Å²) in [5.74, 6) is -0.811. The Morgan fingerprint density at radius 3 is 2.24 bits per heavy atom. The van der Waals surface area contributed by atoms with Crippen LogP contribution in [0.2, 0.25) is 5.02 Å². The minimum absolute atomic E-state index is 0.0750. The minimum Gasteiger partial charge on any atom is -0.354 e. The van der Waals surface area contributed by atoms with Crippen molar-refractivity contribution < 1.29 is 18.0 Å². The van der Waals surface area contributed by atoms with Crippen molar-refractivity contribution in [2.75, 3.05) is 23.7 Å². The number of nitrogens with zero attached hydrogens (tertiary/aromatic N) is 2. The second-order valence-electron chi connectivity index (χ2n) is 7.87. The average molecular weight is 494 g/mol. The Bertz CT molecular complexity index is 1060. The summed E-state index contributed by atoms with van der Waals surface area (Å²) in [6.45, 7) is 5.69. The second kappa shape index (κ2) is 12.0. The van der Waals surface area contributed by atoms with Gasteiger partial charge in [0, 0.05) is 18.1 Å². The summed E-state index contributed by atoms with van der Waals surface area (Å²) in [4.78, 5) is 27.5. The molecule has 180 valence electrons. The van der Waals surface area contributed by atoms with Crippen LogP contribution in [-0.4, -0.2) is 50.5 Å². The molecular formula is C24H32ClN3O4S. The van der Waals surface area contributed by atoms with E-state index in [-0.39, 0.29) is 12.5 Å². The maximum absolute atomic E-state index is 13.4. The Morgan fingerprint density at radius 2 is 1.70 bits per heavy atom. The number of hydrogen-bond acceptors (Lipinski definition) is 4. The number of carbonyl (C=O) groups is 2. The summed E-state index contributed by atoms with van der Waals surface area (Å²) in [6, 6.07) is 13.3. The number of amides is 2. The van der Waals surface area contributed by atoms with Crippen LogP contribution < -0.4 is 9.62 Å². The van der Waals surface area contributed by atoms with Crippen molar-refractivity contribution in [2.24, 2.45) is 0 Å². The molecule has 0 bridgehead atoms. The van der Waals surface area contributed by atoms with E-state index in [2.05, 4.69) is 5.32 Å². The first-order chi connectivity index (χ1) is 15.6. The van der Waals surface area contributed by atoms with Crippen molar-refractivity contribution in [3.63, 3.8) is 0 Å². The summed E-state index contributed by atoms with van der Waals surface area (Å²) in [5, 5.41) is 3.26. The van der Waals surface area contributed by atoms with Crippen molar-refractivity contribution in [3.8, 4) is 0 Å². The Morgan fingerprint density at radius 1 is 1.06 bits per heavy atom. The number of sulfonamides is 1. The molecule has 1 unspecified atom stereocenters. The third-order valence-corrected chi connectivity index (χ3v) is 6.84. The van der Waals surface area contributed by atoms with E-state index >= 15 is 0 Å². The third-order valence-electron chi connectivity index (χ3n) is 5.33. The highest BCUT2D eigenvalue weighted by Crippen LogP contribution is 2.22. The van der Waals surface area contributed by atoms with E-state index in [1.165, 1.54) is 4.90 Å². The number of benzene rings is 2. The predicted octanol–water partition coefficient (Wildman–Crippen LogP) is 3.61. The highest BCUT2D eigenvalue weighted by atomic mass is 35.5. The second-order valence-corrected chi connectivity index (χ2v) is 10.2. The number of rotatable bonds is 11.